The van der Waals surface area contributed by atoms with Crippen molar-refractivity contribution < 1.29 is 43.8 Å². The van der Waals surface area contributed by atoms with Crippen molar-refractivity contribution in [2.24, 2.45) is 55.1 Å². The van der Waals surface area contributed by atoms with E-state index in [1.807, 2.05) is 0 Å². The topological polar surface area (TPSA) is 491 Å². The number of aliphatic imine (C=N–C) groups is 3. The maximum atomic E-state index is 14.7. The average Bonchev–Trinajstić information content (AvgIpc) is 3.78. The van der Waals surface area contributed by atoms with E-state index in [0.717, 1.165) is 0 Å². The van der Waals surface area contributed by atoms with Gasteiger partial charge in [0.25, 0.3) is 0 Å². The van der Waals surface area contributed by atoms with Crippen LogP contribution in [0.4, 0.5) is 0 Å². The van der Waals surface area contributed by atoms with Crippen molar-refractivity contribution in [1.29, 1.82) is 5.26 Å². The zero-order valence-electron chi connectivity index (χ0n) is 42.5. The number of carbonyl (C=O) groups excluding carboxylic acids is 7. The number of nitrogens with zero attached hydrogens (tertiary/aromatic N) is 4. The second kappa shape index (κ2) is 29.9. The first-order valence-electron chi connectivity index (χ1n) is 24.4. The third-order valence-corrected chi connectivity index (χ3v) is 11.8. The standard InChI is InChI=1S/C50H68N18O9/c1-27(69)63-37(6-3-19-60-49(55)56)43(73)66-40(23-29-10-15-33(71)16-11-29)46(76)67-39(22-28-8-13-32(70)14-9-28)45(75)65-38(7-4-20-61-50(57)58)44(74)68-41(24-31-26-62-35-17-12-30(25-51)21-34(31)35)47(77)64-36(42(52)72)5-2-18-59-48(53)54/h8-17,21,26,36-41,62,70-71H,2-7,18-20,22-24H2,1H3,(H2,52,72)(H,63,69)(H,64,77)(H,65,75)(H,66,73)(H,67,76)(H,68,74)(H4,53,54,59)(H4,55,56,60)(H4,57,58,61)/t36-,37-,38-,39-,40-,41-/m0/s1. The number of hydrogen-bond acceptors (Lipinski definition) is 13. The van der Waals surface area contributed by atoms with Crippen molar-refractivity contribution >= 4 is 70.1 Å². The fourth-order valence-electron chi connectivity index (χ4n) is 7.94. The highest BCUT2D eigenvalue weighted by molar-refractivity contribution is 5.97. The number of nitrogens with two attached hydrogens (primary N) is 7. The molecule has 23 N–H and O–H groups in total. The molecule has 412 valence electrons. The summed E-state index contributed by atoms with van der Waals surface area (Å²) in [4.78, 5) is 112. The number of nitrogens with one attached hydrogen (secondary N) is 7. The molecule has 1 aromatic heterocycles. The van der Waals surface area contributed by atoms with Gasteiger partial charge in [0.1, 0.15) is 47.8 Å². The SMILES string of the molecule is CC(=O)N[C@@H](CCCN=C(N)N)C(=O)N[C@@H](Cc1ccc(O)cc1)C(=O)N[C@@H](Cc1ccc(O)cc1)C(=O)N[C@@H](CCCN=C(N)N)C(=O)N[C@@H](Cc1c[nH]c2ccc(C#N)cc12)C(=O)N[C@@H](CCCN=C(N)N)C(N)=O. The zero-order valence-corrected chi connectivity index (χ0v) is 42.5. The van der Waals surface area contributed by atoms with Gasteiger partial charge in [0.2, 0.25) is 41.4 Å². The number of fused-ring (bicyclic) bond motifs is 1. The molecule has 7 amide bonds. The summed E-state index contributed by atoms with van der Waals surface area (Å²) < 4.78 is 0. The molecule has 0 fully saturated rings. The Balaban J connectivity index is 1.73. The molecule has 0 aliphatic rings. The van der Waals surface area contributed by atoms with Crippen LogP contribution < -0.4 is 72.0 Å². The predicted molar refractivity (Wildman–Crippen MR) is 287 cm³/mol. The van der Waals surface area contributed by atoms with E-state index in [0.29, 0.717) is 33.2 Å². The smallest absolute Gasteiger partial charge is 0.243 e. The van der Waals surface area contributed by atoms with Gasteiger partial charge in [-0.2, -0.15) is 5.26 Å². The van der Waals surface area contributed by atoms with Crippen LogP contribution in [0.1, 0.15) is 67.7 Å². The van der Waals surface area contributed by atoms with Crippen LogP contribution in [-0.4, -0.2) is 130 Å². The molecule has 77 heavy (non-hydrogen) atoms. The summed E-state index contributed by atoms with van der Waals surface area (Å²) in [5, 5.41) is 46.3. The van der Waals surface area contributed by atoms with Crippen molar-refractivity contribution in [1.82, 2.24) is 36.9 Å². The molecule has 4 aromatic rings. The maximum absolute atomic E-state index is 14.7. The summed E-state index contributed by atoms with van der Waals surface area (Å²) in [6.45, 7) is 1.46. The number of carbonyl (C=O) groups is 7. The van der Waals surface area contributed by atoms with E-state index in [1.165, 1.54) is 55.5 Å². The number of hydrogen-bond donors (Lipinski definition) is 16. The van der Waals surface area contributed by atoms with Gasteiger partial charge < -0.3 is 87.2 Å². The minimum absolute atomic E-state index is 0.00267. The highest BCUT2D eigenvalue weighted by atomic mass is 16.3. The average molecular weight is 1070 g/mol. The van der Waals surface area contributed by atoms with E-state index in [9.17, 15) is 49.0 Å². The van der Waals surface area contributed by atoms with Crippen molar-refractivity contribution in [2.75, 3.05) is 19.6 Å². The molecule has 27 heteroatoms. The number of primary amides is 1. The summed E-state index contributed by atoms with van der Waals surface area (Å²) in [5.74, 6) is -6.46. The Hall–Kier alpha value is -9.61. The van der Waals surface area contributed by atoms with Gasteiger partial charge in [0, 0.05) is 62.9 Å². The van der Waals surface area contributed by atoms with Gasteiger partial charge >= 0.3 is 0 Å². The van der Waals surface area contributed by atoms with Crippen LogP contribution in [0.3, 0.4) is 0 Å². The van der Waals surface area contributed by atoms with E-state index in [-0.39, 0.29) is 107 Å². The summed E-state index contributed by atoms with van der Waals surface area (Å²) >= 11 is 0. The normalized spacial score (nSPS) is 13.1. The van der Waals surface area contributed by atoms with E-state index in [1.54, 1.807) is 24.4 Å². The van der Waals surface area contributed by atoms with E-state index < -0.39 is 77.6 Å². The maximum Gasteiger partial charge on any atom is 0.243 e. The lowest BCUT2D eigenvalue weighted by atomic mass is 10.00. The fourth-order valence-corrected chi connectivity index (χ4v) is 7.94. The molecule has 6 atom stereocenters. The van der Waals surface area contributed by atoms with Gasteiger partial charge in [0.15, 0.2) is 17.9 Å². The minimum atomic E-state index is -1.50. The number of rotatable bonds is 30. The van der Waals surface area contributed by atoms with Crippen molar-refractivity contribution in [2.45, 2.75) is 101 Å². The second-order valence-electron chi connectivity index (χ2n) is 17.9. The molecule has 0 aliphatic carbocycles. The molecular formula is C50H68N18O9. The van der Waals surface area contributed by atoms with Crippen LogP contribution in [0.2, 0.25) is 0 Å². The Morgan fingerprint density at radius 1 is 0.532 bits per heavy atom. The number of benzene rings is 3. The Morgan fingerprint density at radius 2 is 0.909 bits per heavy atom. The van der Waals surface area contributed by atoms with Crippen LogP contribution >= 0.6 is 0 Å². The van der Waals surface area contributed by atoms with Crippen molar-refractivity contribution in [3.8, 4) is 17.6 Å². The van der Waals surface area contributed by atoms with Crippen LogP contribution in [0.15, 0.2) is 87.9 Å². The quantitative estimate of drug-likeness (QED) is 0.0141. The molecule has 0 saturated heterocycles. The van der Waals surface area contributed by atoms with Crippen molar-refractivity contribution in [3.05, 3.63) is 95.2 Å². The van der Waals surface area contributed by atoms with Gasteiger partial charge in [-0.25, -0.2) is 0 Å². The monoisotopic (exact) mass is 1060 g/mol. The third-order valence-electron chi connectivity index (χ3n) is 11.8. The minimum Gasteiger partial charge on any atom is -0.508 e. The Morgan fingerprint density at radius 3 is 1.31 bits per heavy atom. The first kappa shape index (κ1) is 59.9. The molecule has 0 aliphatic heterocycles. The number of phenols is 2. The predicted octanol–water partition coefficient (Wildman–Crippen LogP) is -2.95. The number of aromatic hydroxyl groups is 2. The van der Waals surface area contributed by atoms with Crippen LogP contribution in [0, 0.1) is 11.3 Å². The van der Waals surface area contributed by atoms with Crippen molar-refractivity contribution in [3.63, 3.8) is 0 Å². The lowest BCUT2D eigenvalue weighted by molar-refractivity contribution is -0.135. The first-order chi connectivity index (χ1) is 36.6. The fraction of sp³-hybridized carbons (Fsp3) is 0.380. The Labute approximate surface area is 443 Å². The van der Waals surface area contributed by atoms with Crippen LogP contribution in [0.5, 0.6) is 11.5 Å². The number of nitriles is 1. The van der Waals surface area contributed by atoms with E-state index >= 15 is 0 Å². The van der Waals surface area contributed by atoms with E-state index in [2.05, 4.69) is 57.9 Å². The number of H-pyrrole nitrogens is 1. The lowest BCUT2D eigenvalue weighted by Gasteiger charge is -2.28. The third kappa shape index (κ3) is 20.7. The summed E-state index contributed by atoms with van der Waals surface area (Å²) in [6.07, 6.45) is 1.53. The first-order valence-corrected chi connectivity index (χ1v) is 24.4. The molecule has 4 rings (SSSR count). The Bertz CT molecular complexity index is 2820. The van der Waals surface area contributed by atoms with Crippen LogP contribution in [-0.2, 0) is 52.8 Å². The number of guanidine groups is 3. The lowest BCUT2D eigenvalue weighted by Crippen LogP contribution is -2.60. The molecule has 0 saturated carbocycles. The molecule has 0 spiro atoms. The van der Waals surface area contributed by atoms with Gasteiger partial charge in [-0.1, -0.05) is 24.3 Å². The molecule has 3 aromatic carbocycles. The molecule has 1 heterocycles. The van der Waals surface area contributed by atoms with Gasteiger partial charge in [-0.05, 0) is 97.7 Å². The van der Waals surface area contributed by atoms with Gasteiger partial charge in [-0.3, -0.25) is 48.5 Å². The molecule has 0 unspecified atom stereocenters. The largest absolute Gasteiger partial charge is 0.508 e. The summed E-state index contributed by atoms with van der Waals surface area (Å²) in [7, 11) is 0. The number of phenolic OH excluding ortho intramolecular Hbond substituents is 2. The Kier molecular flexibility index (Phi) is 23.3. The highest BCUT2D eigenvalue weighted by Crippen LogP contribution is 2.22. The van der Waals surface area contributed by atoms with Crippen LogP contribution in [0.25, 0.3) is 10.9 Å². The number of aromatic amines is 1. The van der Waals surface area contributed by atoms with Gasteiger partial charge in [-0.15, -0.1) is 0 Å². The molecule has 0 radical (unpaired) electrons. The van der Waals surface area contributed by atoms with Gasteiger partial charge in [0.05, 0.1) is 11.6 Å². The molecular weight excluding hydrogens is 997 g/mol. The highest BCUT2D eigenvalue weighted by Gasteiger charge is 2.34. The number of aromatic nitrogens is 1. The number of amides is 7. The summed E-state index contributed by atoms with van der Waals surface area (Å²) in [5.41, 5.74) is 41.0. The van der Waals surface area contributed by atoms with E-state index in [4.69, 9.17) is 40.1 Å². The molecule has 27 nitrogen and oxygen atoms in total. The second-order valence-corrected chi connectivity index (χ2v) is 17.9. The summed E-state index contributed by atoms with van der Waals surface area (Å²) in [6, 6.07) is 10.3. The zero-order chi connectivity index (χ0) is 56.6. The molecule has 0 bridgehead atoms.